The van der Waals surface area contributed by atoms with Crippen molar-refractivity contribution in [3.05, 3.63) is 44.4 Å². The Hall–Kier alpha value is -1.04. The molecule has 21 heavy (non-hydrogen) atoms. The van der Waals surface area contributed by atoms with E-state index >= 15 is 0 Å². The second-order valence-electron chi connectivity index (χ2n) is 5.46. The van der Waals surface area contributed by atoms with Crippen LogP contribution in [0.2, 0.25) is 0 Å². The molecule has 0 unspecified atom stereocenters. The number of hydrogen-bond acceptors (Lipinski definition) is 3. The number of rotatable bonds is 7. The van der Waals surface area contributed by atoms with Crippen molar-refractivity contribution >= 4 is 22.6 Å². The van der Waals surface area contributed by atoms with Gasteiger partial charge in [-0.1, -0.05) is 5.16 Å². The minimum atomic E-state index is 0.776. The number of benzene rings is 1. The van der Waals surface area contributed by atoms with Crippen LogP contribution in [0.1, 0.15) is 41.8 Å². The summed E-state index contributed by atoms with van der Waals surface area (Å²) in [5, 5.41) is 3.90. The van der Waals surface area contributed by atoms with Gasteiger partial charge in [0.15, 0.2) is 0 Å². The van der Waals surface area contributed by atoms with E-state index in [0.717, 1.165) is 49.5 Å². The molecular weight excluding hydrogens is 377 g/mol. The lowest BCUT2D eigenvalue weighted by Gasteiger charge is -2.12. The van der Waals surface area contributed by atoms with Crippen LogP contribution in [0.25, 0.3) is 0 Å². The summed E-state index contributed by atoms with van der Waals surface area (Å²) in [4.78, 5) is 0. The largest absolute Gasteiger partial charge is 0.493 e. The molecule has 3 nitrogen and oxygen atoms in total. The smallest absolute Gasteiger partial charge is 0.136 e. The van der Waals surface area contributed by atoms with Gasteiger partial charge in [0.05, 0.1) is 12.3 Å². The molecular formula is C17H22INO2. The third-order valence-corrected chi connectivity index (χ3v) is 4.04. The topological polar surface area (TPSA) is 35.3 Å². The Morgan fingerprint density at radius 2 is 1.76 bits per heavy atom. The number of ether oxygens (including phenoxy) is 1. The Morgan fingerprint density at radius 3 is 2.38 bits per heavy atom. The Kier molecular flexibility index (Phi) is 6.08. The predicted molar refractivity (Wildman–Crippen MR) is 92.9 cm³/mol. The number of aromatic nitrogens is 1. The van der Waals surface area contributed by atoms with Crippen LogP contribution in [0, 0.1) is 24.3 Å². The normalized spacial score (nSPS) is 10.9. The standard InChI is InChI=1S/C17H22INO2/c1-12-9-15(18)10-13(2)17(12)20-8-6-4-5-7-16-11-14(3)19-21-16/h9-11H,4-8H2,1-3H3. The Balaban J connectivity index is 1.68. The van der Waals surface area contributed by atoms with E-state index in [0.29, 0.717) is 0 Å². The van der Waals surface area contributed by atoms with E-state index in [1.165, 1.54) is 14.7 Å². The van der Waals surface area contributed by atoms with Crippen molar-refractivity contribution in [2.24, 2.45) is 0 Å². The predicted octanol–water partition coefficient (Wildman–Crippen LogP) is 5.00. The van der Waals surface area contributed by atoms with Gasteiger partial charge in [0.1, 0.15) is 11.5 Å². The highest BCUT2D eigenvalue weighted by molar-refractivity contribution is 14.1. The summed E-state index contributed by atoms with van der Waals surface area (Å²) < 4.78 is 12.4. The van der Waals surface area contributed by atoms with Crippen molar-refractivity contribution in [1.29, 1.82) is 0 Å². The summed E-state index contributed by atoms with van der Waals surface area (Å²) in [5.41, 5.74) is 3.39. The van der Waals surface area contributed by atoms with Crippen LogP contribution in [0.4, 0.5) is 0 Å². The van der Waals surface area contributed by atoms with E-state index in [-0.39, 0.29) is 0 Å². The minimum Gasteiger partial charge on any atom is -0.493 e. The van der Waals surface area contributed by atoms with Gasteiger partial charge in [-0.2, -0.15) is 0 Å². The quantitative estimate of drug-likeness (QED) is 0.486. The molecule has 0 aliphatic carbocycles. The minimum absolute atomic E-state index is 0.776. The van der Waals surface area contributed by atoms with E-state index in [2.05, 4.69) is 53.7 Å². The van der Waals surface area contributed by atoms with E-state index in [9.17, 15) is 0 Å². The highest BCUT2D eigenvalue weighted by Crippen LogP contribution is 2.25. The van der Waals surface area contributed by atoms with Gasteiger partial charge >= 0.3 is 0 Å². The fourth-order valence-corrected chi connectivity index (χ4v) is 3.35. The zero-order valence-corrected chi connectivity index (χ0v) is 15.1. The van der Waals surface area contributed by atoms with Gasteiger partial charge in [0.25, 0.3) is 0 Å². The van der Waals surface area contributed by atoms with Crippen LogP contribution in [0.5, 0.6) is 5.75 Å². The maximum atomic E-state index is 5.94. The molecule has 0 amide bonds. The van der Waals surface area contributed by atoms with Gasteiger partial charge in [-0.05, 0) is 85.9 Å². The third-order valence-electron chi connectivity index (χ3n) is 3.42. The SMILES string of the molecule is Cc1cc(CCCCCOc2c(C)cc(I)cc2C)on1. The van der Waals surface area contributed by atoms with E-state index in [1.54, 1.807) is 0 Å². The van der Waals surface area contributed by atoms with Gasteiger partial charge in [-0.3, -0.25) is 0 Å². The number of halogens is 1. The molecule has 0 saturated carbocycles. The van der Waals surface area contributed by atoms with Crippen LogP contribution in [-0.4, -0.2) is 11.8 Å². The maximum absolute atomic E-state index is 5.94. The maximum Gasteiger partial charge on any atom is 0.136 e. The monoisotopic (exact) mass is 399 g/mol. The van der Waals surface area contributed by atoms with E-state index in [4.69, 9.17) is 9.26 Å². The van der Waals surface area contributed by atoms with Gasteiger partial charge in [-0.25, -0.2) is 0 Å². The number of nitrogens with zero attached hydrogens (tertiary/aromatic N) is 1. The van der Waals surface area contributed by atoms with Crippen molar-refractivity contribution in [1.82, 2.24) is 5.16 Å². The number of unbranched alkanes of at least 4 members (excludes halogenated alkanes) is 2. The Morgan fingerprint density at radius 1 is 1.05 bits per heavy atom. The second kappa shape index (κ2) is 7.82. The van der Waals surface area contributed by atoms with Crippen molar-refractivity contribution < 1.29 is 9.26 Å². The van der Waals surface area contributed by atoms with Crippen LogP contribution in [0.15, 0.2) is 22.7 Å². The van der Waals surface area contributed by atoms with Crippen LogP contribution < -0.4 is 4.74 Å². The first-order valence-electron chi connectivity index (χ1n) is 7.38. The lowest BCUT2D eigenvalue weighted by Crippen LogP contribution is -2.01. The fraction of sp³-hybridized carbons (Fsp3) is 0.471. The average Bonchev–Trinajstić information content (AvgIpc) is 2.81. The van der Waals surface area contributed by atoms with Gasteiger partial charge in [-0.15, -0.1) is 0 Å². The lowest BCUT2D eigenvalue weighted by atomic mass is 10.1. The third kappa shape index (κ3) is 5.02. The first kappa shape index (κ1) is 16.3. The molecule has 1 heterocycles. The Bertz CT molecular complexity index is 569. The number of hydrogen-bond donors (Lipinski definition) is 0. The molecule has 0 atom stereocenters. The molecule has 0 spiro atoms. The summed E-state index contributed by atoms with van der Waals surface area (Å²) in [6.45, 7) is 6.94. The zero-order valence-electron chi connectivity index (χ0n) is 12.9. The molecule has 0 saturated heterocycles. The van der Waals surface area contributed by atoms with Crippen LogP contribution in [0.3, 0.4) is 0 Å². The molecule has 1 aromatic heterocycles. The van der Waals surface area contributed by atoms with E-state index < -0.39 is 0 Å². The van der Waals surface area contributed by atoms with Gasteiger partial charge < -0.3 is 9.26 Å². The summed E-state index contributed by atoms with van der Waals surface area (Å²) >= 11 is 2.34. The Labute approximate surface area is 140 Å². The molecule has 4 heteroatoms. The average molecular weight is 399 g/mol. The first-order valence-corrected chi connectivity index (χ1v) is 8.46. The molecule has 0 aliphatic rings. The van der Waals surface area contributed by atoms with Crippen molar-refractivity contribution in [3.63, 3.8) is 0 Å². The first-order chi connectivity index (χ1) is 10.1. The number of aryl methyl sites for hydroxylation is 4. The molecule has 0 bridgehead atoms. The van der Waals surface area contributed by atoms with Gasteiger partial charge in [0.2, 0.25) is 0 Å². The molecule has 0 fully saturated rings. The van der Waals surface area contributed by atoms with Crippen molar-refractivity contribution in [2.75, 3.05) is 6.61 Å². The summed E-state index contributed by atoms with van der Waals surface area (Å²) in [6.07, 6.45) is 4.28. The van der Waals surface area contributed by atoms with Crippen molar-refractivity contribution in [2.45, 2.75) is 46.5 Å². The molecule has 0 N–H and O–H groups in total. The lowest BCUT2D eigenvalue weighted by molar-refractivity contribution is 0.299. The highest BCUT2D eigenvalue weighted by atomic mass is 127. The summed E-state index contributed by atoms with van der Waals surface area (Å²) in [7, 11) is 0. The molecule has 114 valence electrons. The summed E-state index contributed by atoms with van der Waals surface area (Å²) in [5.74, 6) is 2.03. The molecule has 0 radical (unpaired) electrons. The van der Waals surface area contributed by atoms with E-state index in [1.807, 2.05) is 13.0 Å². The second-order valence-corrected chi connectivity index (χ2v) is 6.71. The fourth-order valence-electron chi connectivity index (χ4n) is 2.41. The molecule has 2 aromatic rings. The highest BCUT2D eigenvalue weighted by Gasteiger charge is 2.05. The van der Waals surface area contributed by atoms with Crippen LogP contribution in [-0.2, 0) is 6.42 Å². The summed E-state index contributed by atoms with van der Waals surface area (Å²) in [6, 6.07) is 6.33. The molecule has 1 aromatic carbocycles. The zero-order chi connectivity index (χ0) is 15.2. The molecule has 0 aliphatic heterocycles. The van der Waals surface area contributed by atoms with Crippen molar-refractivity contribution in [3.8, 4) is 5.75 Å². The molecule has 2 rings (SSSR count). The van der Waals surface area contributed by atoms with Crippen LogP contribution >= 0.6 is 22.6 Å². The van der Waals surface area contributed by atoms with Gasteiger partial charge in [0, 0.05) is 16.1 Å².